The van der Waals surface area contributed by atoms with Gasteiger partial charge in [-0.3, -0.25) is 9.59 Å². The molecule has 1 aromatic heterocycles. The van der Waals surface area contributed by atoms with Crippen LogP contribution in [0.1, 0.15) is 49.2 Å². The van der Waals surface area contributed by atoms with Gasteiger partial charge in [-0.15, -0.1) is 11.3 Å². The second-order valence-electron chi connectivity index (χ2n) is 6.50. The molecular weight excluding hydrogens is 358 g/mol. The molecule has 5 nitrogen and oxygen atoms in total. The summed E-state index contributed by atoms with van der Waals surface area (Å²) in [4.78, 5) is 27.2. The number of rotatable bonds is 11. The number of amides is 2. The topological polar surface area (TPSA) is 61.4 Å². The summed E-state index contributed by atoms with van der Waals surface area (Å²) in [6.45, 7) is 7.51. The Bertz CT molecular complexity index is 693. The molecule has 2 rings (SSSR count). The number of carbonyl (C=O) groups is 2. The molecule has 1 heterocycles. The number of nitrogens with one attached hydrogen (secondary N) is 2. The summed E-state index contributed by atoms with van der Waals surface area (Å²) >= 11 is 1.40. The lowest BCUT2D eigenvalue weighted by atomic mass is 10.2. The summed E-state index contributed by atoms with van der Waals surface area (Å²) in [6, 6.07) is 10.8. The van der Waals surface area contributed by atoms with Crippen molar-refractivity contribution in [2.75, 3.05) is 30.3 Å². The van der Waals surface area contributed by atoms with Gasteiger partial charge in [-0.25, -0.2) is 0 Å². The fraction of sp³-hybridized carbons (Fsp3) is 0.429. The Kier molecular flexibility index (Phi) is 9.01. The molecule has 0 fully saturated rings. The molecule has 1 aromatic carbocycles. The number of hydrogen-bond donors (Lipinski definition) is 2. The van der Waals surface area contributed by atoms with E-state index in [0.717, 1.165) is 44.6 Å². The molecule has 0 radical (unpaired) electrons. The van der Waals surface area contributed by atoms with Crippen molar-refractivity contribution in [3.8, 4) is 0 Å². The highest BCUT2D eigenvalue weighted by atomic mass is 32.1. The number of nitrogens with zero attached hydrogens (tertiary/aromatic N) is 1. The van der Waals surface area contributed by atoms with Gasteiger partial charge in [0.2, 0.25) is 5.91 Å². The van der Waals surface area contributed by atoms with Gasteiger partial charge in [-0.05, 0) is 74.6 Å². The van der Waals surface area contributed by atoms with Gasteiger partial charge in [0.05, 0.1) is 4.88 Å². The van der Waals surface area contributed by atoms with Crippen LogP contribution in [0.2, 0.25) is 0 Å². The molecule has 0 saturated heterocycles. The highest BCUT2D eigenvalue weighted by molar-refractivity contribution is 7.12. The highest BCUT2D eigenvalue weighted by Gasteiger charge is 2.08. The monoisotopic (exact) mass is 387 g/mol. The van der Waals surface area contributed by atoms with Gasteiger partial charge >= 0.3 is 0 Å². The molecule has 6 heteroatoms. The summed E-state index contributed by atoms with van der Waals surface area (Å²) in [7, 11) is 0. The molecule has 0 bridgehead atoms. The van der Waals surface area contributed by atoms with Crippen LogP contribution in [-0.4, -0.2) is 36.3 Å². The molecule has 0 aliphatic rings. The van der Waals surface area contributed by atoms with E-state index in [2.05, 4.69) is 29.4 Å². The molecule has 0 aliphatic carbocycles. The minimum absolute atomic E-state index is 0.0262. The third-order valence-corrected chi connectivity index (χ3v) is 5.00. The van der Waals surface area contributed by atoms with E-state index in [1.54, 1.807) is 18.2 Å². The molecule has 0 atom stereocenters. The normalized spacial score (nSPS) is 10.8. The van der Waals surface area contributed by atoms with Crippen LogP contribution < -0.4 is 10.6 Å². The molecule has 0 saturated carbocycles. The minimum atomic E-state index is -0.120. The Morgan fingerprint density at radius 2 is 1.56 bits per heavy atom. The van der Waals surface area contributed by atoms with Crippen molar-refractivity contribution >= 4 is 34.5 Å². The van der Waals surface area contributed by atoms with Crippen LogP contribution in [0.3, 0.4) is 0 Å². The van der Waals surface area contributed by atoms with E-state index < -0.39 is 0 Å². The lowest BCUT2D eigenvalue weighted by molar-refractivity contribution is -0.116. The van der Waals surface area contributed by atoms with Gasteiger partial charge in [0, 0.05) is 17.8 Å². The zero-order chi connectivity index (χ0) is 19.5. The van der Waals surface area contributed by atoms with E-state index in [-0.39, 0.29) is 11.8 Å². The van der Waals surface area contributed by atoms with Crippen molar-refractivity contribution in [2.24, 2.45) is 0 Å². The van der Waals surface area contributed by atoms with Gasteiger partial charge in [0.1, 0.15) is 0 Å². The standard InChI is InChI=1S/C21H29N3O2S/c1-3-13-24(14-4-2)15-5-8-20(25)22-17-9-11-18(12-10-17)23-21(26)19-7-6-16-27-19/h6-7,9-12,16H,3-5,8,13-15H2,1-2H3,(H,22,25)(H,23,26). The van der Waals surface area contributed by atoms with Crippen molar-refractivity contribution in [1.82, 2.24) is 4.90 Å². The van der Waals surface area contributed by atoms with Crippen LogP contribution in [0.25, 0.3) is 0 Å². The first-order valence-electron chi connectivity index (χ1n) is 9.59. The number of benzene rings is 1. The fourth-order valence-electron chi connectivity index (χ4n) is 2.89. The largest absolute Gasteiger partial charge is 0.326 e. The van der Waals surface area contributed by atoms with Gasteiger partial charge in [0.25, 0.3) is 5.91 Å². The maximum absolute atomic E-state index is 12.1. The molecule has 2 aromatic rings. The number of anilines is 2. The summed E-state index contributed by atoms with van der Waals surface area (Å²) in [5.41, 5.74) is 1.45. The Morgan fingerprint density at radius 3 is 2.11 bits per heavy atom. The van der Waals surface area contributed by atoms with Crippen molar-refractivity contribution in [1.29, 1.82) is 0 Å². The third-order valence-electron chi connectivity index (χ3n) is 4.13. The van der Waals surface area contributed by atoms with Crippen molar-refractivity contribution in [2.45, 2.75) is 39.5 Å². The van der Waals surface area contributed by atoms with Crippen molar-refractivity contribution in [3.05, 3.63) is 46.7 Å². The van der Waals surface area contributed by atoms with E-state index in [4.69, 9.17) is 0 Å². The van der Waals surface area contributed by atoms with E-state index >= 15 is 0 Å². The average molecular weight is 388 g/mol. The minimum Gasteiger partial charge on any atom is -0.326 e. The molecule has 0 aliphatic heterocycles. The lowest BCUT2D eigenvalue weighted by Gasteiger charge is -2.20. The molecule has 27 heavy (non-hydrogen) atoms. The lowest BCUT2D eigenvalue weighted by Crippen LogP contribution is -2.27. The van der Waals surface area contributed by atoms with Gasteiger partial charge in [-0.1, -0.05) is 19.9 Å². The Hall–Kier alpha value is -2.18. The van der Waals surface area contributed by atoms with Crippen LogP contribution in [0.4, 0.5) is 11.4 Å². The van der Waals surface area contributed by atoms with Crippen LogP contribution in [0.5, 0.6) is 0 Å². The fourth-order valence-corrected chi connectivity index (χ4v) is 3.51. The first-order chi connectivity index (χ1) is 13.1. The van der Waals surface area contributed by atoms with Crippen LogP contribution >= 0.6 is 11.3 Å². The summed E-state index contributed by atoms with van der Waals surface area (Å²) in [6.07, 6.45) is 3.66. The van der Waals surface area contributed by atoms with E-state index in [9.17, 15) is 9.59 Å². The first-order valence-corrected chi connectivity index (χ1v) is 10.5. The van der Waals surface area contributed by atoms with Crippen LogP contribution in [0.15, 0.2) is 41.8 Å². The maximum atomic E-state index is 12.1. The molecule has 146 valence electrons. The second kappa shape index (κ2) is 11.5. The van der Waals surface area contributed by atoms with Crippen molar-refractivity contribution < 1.29 is 9.59 Å². The highest BCUT2D eigenvalue weighted by Crippen LogP contribution is 2.16. The summed E-state index contributed by atoms with van der Waals surface area (Å²) < 4.78 is 0. The second-order valence-corrected chi connectivity index (χ2v) is 7.45. The average Bonchev–Trinajstić information content (AvgIpc) is 3.18. The molecule has 0 unspecified atom stereocenters. The Balaban J connectivity index is 1.75. The Labute approximate surface area is 165 Å². The SMILES string of the molecule is CCCN(CCC)CCCC(=O)Nc1ccc(NC(=O)c2cccs2)cc1. The van der Waals surface area contributed by atoms with Gasteiger partial charge in [0.15, 0.2) is 0 Å². The molecule has 2 amide bonds. The number of hydrogen-bond acceptors (Lipinski definition) is 4. The van der Waals surface area contributed by atoms with Crippen molar-refractivity contribution in [3.63, 3.8) is 0 Å². The molecule has 0 spiro atoms. The first kappa shape index (κ1) is 21.1. The predicted octanol–water partition coefficient (Wildman–Crippen LogP) is 4.84. The third kappa shape index (κ3) is 7.53. The van der Waals surface area contributed by atoms with Gasteiger partial charge < -0.3 is 15.5 Å². The zero-order valence-electron chi connectivity index (χ0n) is 16.2. The van der Waals surface area contributed by atoms with E-state index in [1.165, 1.54) is 11.3 Å². The number of carbonyl (C=O) groups excluding carboxylic acids is 2. The molecule has 2 N–H and O–H groups in total. The zero-order valence-corrected chi connectivity index (χ0v) is 17.0. The Morgan fingerprint density at radius 1 is 0.926 bits per heavy atom. The quantitative estimate of drug-likeness (QED) is 0.580. The van der Waals surface area contributed by atoms with Crippen LogP contribution in [0, 0.1) is 0 Å². The maximum Gasteiger partial charge on any atom is 0.265 e. The van der Waals surface area contributed by atoms with E-state index in [1.807, 2.05) is 23.6 Å². The molecular formula is C21H29N3O2S. The van der Waals surface area contributed by atoms with Crippen LogP contribution in [-0.2, 0) is 4.79 Å². The predicted molar refractivity (Wildman–Crippen MR) is 114 cm³/mol. The van der Waals surface area contributed by atoms with Gasteiger partial charge in [-0.2, -0.15) is 0 Å². The van der Waals surface area contributed by atoms with E-state index in [0.29, 0.717) is 17.0 Å². The summed E-state index contributed by atoms with van der Waals surface area (Å²) in [5.74, 6) is -0.0937. The smallest absolute Gasteiger partial charge is 0.265 e. The number of thiophene rings is 1. The summed E-state index contributed by atoms with van der Waals surface area (Å²) in [5, 5.41) is 7.64.